The molecule has 1 fully saturated rings. The van der Waals surface area contributed by atoms with Crippen LogP contribution in [-0.2, 0) is 11.2 Å². The maximum Gasteiger partial charge on any atom is 0.241 e. The molecule has 2 N–H and O–H groups in total. The molecule has 172 valence electrons. The van der Waals surface area contributed by atoms with E-state index in [4.69, 9.17) is 9.97 Å². The van der Waals surface area contributed by atoms with E-state index in [1.165, 1.54) is 12.3 Å². The molecule has 0 saturated carbocycles. The van der Waals surface area contributed by atoms with Gasteiger partial charge in [0.25, 0.3) is 0 Å². The number of piperidine rings is 1. The van der Waals surface area contributed by atoms with Gasteiger partial charge in [-0.3, -0.25) is 4.79 Å². The van der Waals surface area contributed by atoms with Gasteiger partial charge in [0.15, 0.2) is 0 Å². The average Bonchev–Trinajstić information content (AvgIpc) is 2.84. The summed E-state index contributed by atoms with van der Waals surface area (Å²) in [6.07, 6.45) is 3.59. The van der Waals surface area contributed by atoms with Gasteiger partial charge >= 0.3 is 0 Å². The fourth-order valence-electron chi connectivity index (χ4n) is 3.97. The zero-order valence-corrected chi connectivity index (χ0v) is 19.0. The van der Waals surface area contributed by atoms with Crippen LogP contribution in [0, 0.1) is 12.7 Å². The Morgan fingerprint density at radius 3 is 2.61 bits per heavy atom. The van der Waals surface area contributed by atoms with Gasteiger partial charge in [0.1, 0.15) is 23.3 Å². The van der Waals surface area contributed by atoms with E-state index in [1.54, 1.807) is 6.07 Å². The van der Waals surface area contributed by atoms with E-state index in [1.807, 2.05) is 42.2 Å². The molecule has 1 aromatic carbocycles. The van der Waals surface area contributed by atoms with Crippen molar-refractivity contribution in [2.45, 2.75) is 39.0 Å². The molecule has 1 amide bonds. The molecule has 0 radical (unpaired) electrons. The molecule has 0 atom stereocenters. The number of aryl methyl sites for hydroxylation is 2. The van der Waals surface area contributed by atoms with Gasteiger partial charge in [0.05, 0.1) is 12.7 Å². The number of pyridine rings is 1. The zero-order chi connectivity index (χ0) is 23.2. The second-order valence-corrected chi connectivity index (χ2v) is 8.27. The fraction of sp³-hybridized carbons (Fsp3) is 0.360. The summed E-state index contributed by atoms with van der Waals surface area (Å²) < 4.78 is 13.1. The van der Waals surface area contributed by atoms with Gasteiger partial charge in [-0.05, 0) is 49.9 Å². The largest absolute Gasteiger partial charge is 0.376 e. The number of hydrogen-bond acceptors (Lipinski definition) is 6. The standard InChI is InChI=1S/C25H29FN6O/c1-3-20-14-23(30-22-9-8-19(26)15-28-22)31-25(29-20)18-10-12-32(13-11-18)24(33)16-27-21-7-5-4-6-17(21)2/h4-9,14-15,18,27H,3,10-13,16H2,1-2H3,(H,28,29,30,31). The first-order chi connectivity index (χ1) is 16.0. The Labute approximate surface area is 193 Å². The van der Waals surface area contributed by atoms with Crippen LogP contribution in [0.2, 0.25) is 0 Å². The molecule has 0 bridgehead atoms. The summed E-state index contributed by atoms with van der Waals surface area (Å²) in [5.41, 5.74) is 3.05. The van der Waals surface area contributed by atoms with Crippen molar-refractivity contribution in [1.29, 1.82) is 0 Å². The third-order valence-electron chi connectivity index (χ3n) is 5.93. The normalized spacial score (nSPS) is 14.2. The zero-order valence-electron chi connectivity index (χ0n) is 19.0. The first kappa shape index (κ1) is 22.6. The second kappa shape index (κ2) is 10.4. The predicted octanol–water partition coefficient (Wildman–Crippen LogP) is 4.44. The molecule has 3 aromatic rings. The number of carbonyl (C=O) groups is 1. The van der Waals surface area contributed by atoms with E-state index in [0.29, 0.717) is 24.7 Å². The van der Waals surface area contributed by atoms with E-state index < -0.39 is 0 Å². The van der Waals surface area contributed by atoms with Crippen molar-refractivity contribution in [3.63, 3.8) is 0 Å². The van der Waals surface area contributed by atoms with Crippen molar-refractivity contribution in [1.82, 2.24) is 19.9 Å². The SMILES string of the molecule is CCc1cc(Nc2ccc(F)cn2)nc(C2CCN(C(=O)CNc3ccccc3C)CC2)n1. The number of rotatable bonds is 7. The number of para-hydroxylation sites is 1. The van der Waals surface area contributed by atoms with Gasteiger partial charge in [0, 0.05) is 36.5 Å². The molecule has 1 aliphatic heterocycles. The summed E-state index contributed by atoms with van der Waals surface area (Å²) in [4.78, 5) is 28.1. The molecule has 8 heteroatoms. The highest BCUT2D eigenvalue weighted by molar-refractivity contribution is 5.81. The van der Waals surface area contributed by atoms with Gasteiger partial charge in [-0.25, -0.2) is 19.3 Å². The Bertz CT molecular complexity index is 1100. The summed E-state index contributed by atoms with van der Waals surface area (Å²) in [7, 11) is 0. The predicted molar refractivity (Wildman–Crippen MR) is 127 cm³/mol. The van der Waals surface area contributed by atoms with Crippen molar-refractivity contribution < 1.29 is 9.18 Å². The molecule has 4 rings (SSSR count). The van der Waals surface area contributed by atoms with E-state index in [0.717, 1.165) is 42.0 Å². The smallest absolute Gasteiger partial charge is 0.241 e. The Hall–Kier alpha value is -3.55. The highest BCUT2D eigenvalue weighted by Crippen LogP contribution is 2.27. The van der Waals surface area contributed by atoms with Crippen molar-refractivity contribution in [3.05, 3.63) is 71.6 Å². The topological polar surface area (TPSA) is 83.0 Å². The third-order valence-corrected chi connectivity index (χ3v) is 5.93. The van der Waals surface area contributed by atoms with Gasteiger partial charge in [-0.1, -0.05) is 25.1 Å². The average molecular weight is 449 g/mol. The number of anilines is 3. The van der Waals surface area contributed by atoms with Gasteiger partial charge in [0.2, 0.25) is 5.91 Å². The molecule has 0 unspecified atom stereocenters. The fourth-order valence-corrected chi connectivity index (χ4v) is 3.97. The first-order valence-electron chi connectivity index (χ1n) is 11.4. The Kier molecular flexibility index (Phi) is 7.12. The molecular formula is C25H29FN6O. The highest BCUT2D eigenvalue weighted by atomic mass is 19.1. The lowest BCUT2D eigenvalue weighted by Gasteiger charge is -2.31. The Morgan fingerprint density at radius 2 is 1.91 bits per heavy atom. The summed E-state index contributed by atoms with van der Waals surface area (Å²) in [6, 6.07) is 12.8. The summed E-state index contributed by atoms with van der Waals surface area (Å²) in [5, 5.41) is 6.40. The van der Waals surface area contributed by atoms with Gasteiger partial charge in [-0.2, -0.15) is 0 Å². The van der Waals surface area contributed by atoms with Crippen LogP contribution in [0.5, 0.6) is 0 Å². The molecular weight excluding hydrogens is 419 g/mol. The Balaban J connectivity index is 1.37. The molecule has 0 spiro atoms. The summed E-state index contributed by atoms with van der Waals surface area (Å²) >= 11 is 0. The summed E-state index contributed by atoms with van der Waals surface area (Å²) in [5.74, 6) is 1.87. The van der Waals surface area contributed by atoms with Crippen molar-refractivity contribution in [2.75, 3.05) is 30.3 Å². The number of amides is 1. The second-order valence-electron chi connectivity index (χ2n) is 8.27. The summed E-state index contributed by atoms with van der Waals surface area (Å²) in [6.45, 7) is 5.73. The third kappa shape index (κ3) is 5.83. The van der Waals surface area contributed by atoms with Crippen LogP contribution in [0.3, 0.4) is 0 Å². The van der Waals surface area contributed by atoms with E-state index in [2.05, 4.69) is 22.5 Å². The van der Waals surface area contributed by atoms with Gasteiger partial charge in [-0.15, -0.1) is 0 Å². The molecule has 3 heterocycles. The minimum absolute atomic E-state index is 0.102. The molecule has 33 heavy (non-hydrogen) atoms. The van der Waals surface area contributed by atoms with E-state index in [9.17, 15) is 9.18 Å². The van der Waals surface area contributed by atoms with Crippen LogP contribution in [0.1, 0.15) is 42.8 Å². The number of nitrogens with one attached hydrogen (secondary N) is 2. The number of halogens is 1. The number of carbonyl (C=O) groups excluding carboxylic acids is 1. The van der Waals surface area contributed by atoms with Crippen LogP contribution in [0.25, 0.3) is 0 Å². The lowest BCUT2D eigenvalue weighted by Crippen LogP contribution is -2.41. The monoisotopic (exact) mass is 448 g/mol. The molecule has 2 aromatic heterocycles. The van der Waals surface area contributed by atoms with Crippen LogP contribution in [0.15, 0.2) is 48.7 Å². The van der Waals surface area contributed by atoms with E-state index in [-0.39, 0.29) is 24.2 Å². The maximum atomic E-state index is 13.1. The van der Waals surface area contributed by atoms with Crippen LogP contribution < -0.4 is 10.6 Å². The molecule has 0 aliphatic carbocycles. The minimum atomic E-state index is -0.381. The minimum Gasteiger partial charge on any atom is -0.376 e. The van der Waals surface area contributed by atoms with E-state index >= 15 is 0 Å². The molecule has 7 nitrogen and oxygen atoms in total. The number of benzene rings is 1. The van der Waals surface area contributed by atoms with Crippen molar-refractivity contribution >= 4 is 23.2 Å². The number of aromatic nitrogens is 3. The molecule has 1 saturated heterocycles. The van der Waals surface area contributed by atoms with Gasteiger partial charge < -0.3 is 15.5 Å². The van der Waals surface area contributed by atoms with Crippen LogP contribution in [-0.4, -0.2) is 45.4 Å². The van der Waals surface area contributed by atoms with Crippen LogP contribution >= 0.6 is 0 Å². The van der Waals surface area contributed by atoms with Crippen LogP contribution in [0.4, 0.5) is 21.7 Å². The maximum absolute atomic E-state index is 13.1. The number of likely N-dealkylation sites (tertiary alicyclic amines) is 1. The quantitative estimate of drug-likeness (QED) is 0.556. The van der Waals surface area contributed by atoms with Crippen molar-refractivity contribution in [3.8, 4) is 0 Å². The number of nitrogens with zero attached hydrogens (tertiary/aromatic N) is 4. The van der Waals surface area contributed by atoms with Crippen molar-refractivity contribution in [2.24, 2.45) is 0 Å². The highest BCUT2D eigenvalue weighted by Gasteiger charge is 2.26. The number of hydrogen-bond donors (Lipinski definition) is 2. The lowest BCUT2D eigenvalue weighted by molar-refractivity contribution is -0.130. The first-order valence-corrected chi connectivity index (χ1v) is 11.4. The lowest BCUT2D eigenvalue weighted by atomic mass is 9.95. The molecule has 1 aliphatic rings. The Morgan fingerprint density at radius 1 is 1.12 bits per heavy atom.